The van der Waals surface area contributed by atoms with Crippen LogP contribution in [0.4, 0.5) is 4.39 Å². The minimum Gasteiger partial charge on any atom is -0.475 e. The maximum Gasteiger partial charge on any atom is 0.371 e. The second kappa shape index (κ2) is 4.80. The van der Waals surface area contributed by atoms with E-state index in [0.717, 1.165) is 6.07 Å². The molecule has 4 nitrogen and oxygen atoms in total. The van der Waals surface area contributed by atoms with Crippen LogP contribution in [0.5, 0.6) is 0 Å². The Balaban J connectivity index is 2.31. The topological polar surface area (TPSA) is 70.7 Å². The molecule has 0 spiro atoms. The minimum atomic E-state index is -1.23. The van der Waals surface area contributed by atoms with E-state index in [2.05, 4.69) is 0 Å². The molecule has 2 N–H and O–H groups in total. The third-order valence-corrected chi connectivity index (χ3v) is 2.66. The van der Waals surface area contributed by atoms with Crippen molar-refractivity contribution < 1.29 is 23.8 Å². The Labute approximate surface area is 106 Å². The van der Waals surface area contributed by atoms with Gasteiger partial charge in [-0.25, -0.2) is 9.18 Å². The molecule has 1 aromatic carbocycles. The first-order valence-electron chi connectivity index (χ1n) is 4.95. The molecule has 94 valence electrons. The van der Waals surface area contributed by atoms with Crippen molar-refractivity contribution in [1.29, 1.82) is 0 Å². The molecular weight excluding hydrogens is 263 g/mol. The number of hydrogen-bond donors (Lipinski definition) is 2. The number of carboxylic acid groups (broad SMARTS) is 1. The molecular formula is C12H8ClFO4. The molecule has 2 aromatic rings. The van der Waals surface area contributed by atoms with Crippen LogP contribution in [0, 0.1) is 5.82 Å². The third-order valence-electron chi connectivity index (χ3n) is 2.37. The Kier molecular flexibility index (Phi) is 3.36. The van der Waals surface area contributed by atoms with Gasteiger partial charge in [0.2, 0.25) is 5.76 Å². The van der Waals surface area contributed by atoms with Gasteiger partial charge in [0.25, 0.3) is 0 Å². The molecule has 0 aliphatic heterocycles. The van der Waals surface area contributed by atoms with Crippen molar-refractivity contribution in [2.75, 3.05) is 0 Å². The zero-order valence-electron chi connectivity index (χ0n) is 8.93. The summed E-state index contributed by atoms with van der Waals surface area (Å²) < 4.78 is 17.9. The van der Waals surface area contributed by atoms with Gasteiger partial charge >= 0.3 is 5.97 Å². The monoisotopic (exact) mass is 270 g/mol. The van der Waals surface area contributed by atoms with E-state index in [1.165, 1.54) is 24.3 Å². The largest absolute Gasteiger partial charge is 0.475 e. The predicted molar refractivity (Wildman–Crippen MR) is 61.1 cm³/mol. The van der Waals surface area contributed by atoms with Crippen LogP contribution < -0.4 is 0 Å². The van der Waals surface area contributed by atoms with E-state index in [0.29, 0.717) is 5.56 Å². The van der Waals surface area contributed by atoms with Crippen LogP contribution in [-0.4, -0.2) is 16.2 Å². The number of furan rings is 1. The Bertz CT molecular complexity index is 594. The van der Waals surface area contributed by atoms with E-state index in [1.54, 1.807) is 0 Å². The molecule has 0 bridgehead atoms. The summed E-state index contributed by atoms with van der Waals surface area (Å²) in [4.78, 5) is 10.6. The van der Waals surface area contributed by atoms with Crippen molar-refractivity contribution in [2.24, 2.45) is 0 Å². The summed E-state index contributed by atoms with van der Waals surface area (Å²) in [6.45, 7) is 0. The Morgan fingerprint density at radius 1 is 1.33 bits per heavy atom. The van der Waals surface area contributed by atoms with Gasteiger partial charge in [-0.15, -0.1) is 0 Å². The van der Waals surface area contributed by atoms with Crippen LogP contribution in [0.3, 0.4) is 0 Å². The third kappa shape index (κ3) is 2.37. The van der Waals surface area contributed by atoms with Crippen molar-refractivity contribution in [3.63, 3.8) is 0 Å². The smallest absolute Gasteiger partial charge is 0.371 e. The molecule has 0 aliphatic rings. The number of halogens is 2. The lowest BCUT2D eigenvalue weighted by Gasteiger charge is -2.08. The fourth-order valence-electron chi connectivity index (χ4n) is 1.46. The number of aliphatic hydroxyl groups excluding tert-OH is 1. The first-order chi connectivity index (χ1) is 8.49. The van der Waals surface area contributed by atoms with Gasteiger partial charge in [0.05, 0.1) is 5.02 Å². The Morgan fingerprint density at radius 3 is 2.61 bits per heavy atom. The molecule has 0 fully saturated rings. The summed E-state index contributed by atoms with van der Waals surface area (Å²) in [5, 5.41) is 18.5. The number of carbonyl (C=O) groups is 1. The first-order valence-corrected chi connectivity index (χ1v) is 5.33. The van der Waals surface area contributed by atoms with Gasteiger partial charge < -0.3 is 14.6 Å². The number of rotatable bonds is 3. The summed E-state index contributed by atoms with van der Waals surface area (Å²) >= 11 is 5.59. The van der Waals surface area contributed by atoms with Crippen molar-refractivity contribution >= 4 is 17.6 Å². The Hall–Kier alpha value is -1.85. The fraction of sp³-hybridized carbons (Fsp3) is 0.0833. The van der Waals surface area contributed by atoms with E-state index < -0.39 is 17.9 Å². The van der Waals surface area contributed by atoms with Crippen molar-refractivity contribution in [3.8, 4) is 0 Å². The molecule has 1 heterocycles. The maximum absolute atomic E-state index is 13.0. The highest BCUT2D eigenvalue weighted by molar-refractivity contribution is 6.30. The van der Waals surface area contributed by atoms with Crippen LogP contribution in [0.2, 0.25) is 5.02 Å². The van der Waals surface area contributed by atoms with Crippen LogP contribution in [-0.2, 0) is 0 Å². The molecule has 0 saturated heterocycles. The molecule has 2 rings (SSSR count). The van der Waals surface area contributed by atoms with Gasteiger partial charge in [0, 0.05) is 0 Å². The lowest BCUT2D eigenvalue weighted by Crippen LogP contribution is -1.99. The number of aromatic carboxylic acids is 1. The van der Waals surface area contributed by atoms with Gasteiger partial charge in [-0.3, -0.25) is 0 Å². The SMILES string of the molecule is O=C(O)c1ccc(C(O)c2ccc(F)c(Cl)c2)o1. The summed E-state index contributed by atoms with van der Waals surface area (Å²) in [6.07, 6.45) is -1.20. The van der Waals surface area contributed by atoms with Crippen LogP contribution in [0.15, 0.2) is 34.7 Å². The van der Waals surface area contributed by atoms with Gasteiger partial charge in [0.15, 0.2) is 0 Å². The molecule has 0 radical (unpaired) electrons. The normalized spacial score (nSPS) is 12.4. The standard InChI is InChI=1S/C12H8ClFO4/c13-7-5-6(1-2-8(7)14)11(15)9-3-4-10(18-9)12(16)17/h1-5,11,15H,(H,16,17). The van der Waals surface area contributed by atoms with Crippen LogP contribution in [0.1, 0.15) is 28.0 Å². The molecule has 6 heteroatoms. The van der Waals surface area contributed by atoms with Crippen LogP contribution >= 0.6 is 11.6 Å². The molecule has 1 aromatic heterocycles. The number of benzene rings is 1. The number of aliphatic hydroxyl groups is 1. The summed E-state index contributed by atoms with van der Waals surface area (Å²) in [6, 6.07) is 6.28. The minimum absolute atomic E-state index is 0.0510. The molecule has 1 unspecified atom stereocenters. The maximum atomic E-state index is 13.0. The molecule has 18 heavy (non-hydrogen) atoms. The lowest BCUT2D eigenvalue weighted by atomic mass is 10.1. The van der Waals surface area contributed by atoms with E-state index in [9.17, 15) is 14.3 Å². The number of carboxylic acids is 1. The van der Waals surface area contributed by atoms with Crippen LogP contribution in [0.25, 0.3) is 0 Å². The highest BCUT2D eigenvalue weighted by Gasteiger charge is 2.18. The molecule has 0 saturated carbocycles. The first kappa shape index (κ1) is 12.6. The van der Waals surface area contributed by atoms with Gasteiger partial charge in [-0.1, -0.05) is 17.7 Å². The Morgan fingerprint density at radius 2 is 2.06 bits per heavy atom. The second-order valence-corrected chi connectivity index (χ2v) is 3.99. The highest BCUT2D eigenvalue weighted by Crippen LogP contribution is 2.27. The van der Waals surface area contributed by atoms with E-state index in [-0.39, 0.29) is 16.5 Å². The van der Waals surface area contributed by atoms with Crippen molar-refractivity contribution in [1.82, 2.24) is 0 Å². The molecule has 1 atom stereocenters. The van der Waals surface area contributed by atoms with Gasteiger partial charge in [-0.05, 0) is 29.8 Å². The van der Waals surface area contributed by atoms with E-state index >= 15 is 0 Å². The summed E-state index contributed by atoms with van der Waals surface area (Å²) in [7, 11) is 0. The quantitative estimate of drug-likeness (QED) is 0.900. The second-order valence-electron chi connectivity index (χ2n) is 3.58. The summed E-state index contributed by atoms with van der Waals surface area (Å²) in [5.41, 5.74) is 0.313. The summed E-state index contributed by atoms with van der Waals surface area (Å²) in [5.74, 6) is -2.06. The fourth-order valence-corrected chi connectivity index (χ4v) is 1.65. The molecule has 0 aliphatic carbocycles. The van der Waals surface area contributed by atoms with E-state index in [1.807, 2.05) is 0 Å². The molecule has 0 amide bonds. The van der Waals surface area contributed by atoms with Crippen molar-refractivity contribution in [3.05, 3.63) is 58.3 Å². The highest BCUT2D eigenvalue weighted by atomic mass is 35.5. The zero-order chi connectivity index (χ0) is 13.3. The van der Waals surface area contributed by atoms with Gasteiger partial charge in [0.1, 0.15) is 17.7 Å². The van der Waals surface area contributed by atoms with E-state index in [4.69, 9.17) is 21.1 Å². The lowest BCUT2D eigenvalue weighted by molar-refractivity contribution is 0.0655. The van der Waals surface area contributed by atoms with Gasteiger partial charge in [-0.2, -0.15) is 0 Å². The number of hydrogen-bond acceptors (Lipinski definition) is 3. The zero-order valence-corrected chi connectivity index (χ0v) is 9.69. The average Bonchev–Trinajstić information content (AvgIpc) is 2.81. The van der Waals surface area contributed by atoms with Crippen molar-refractivity contribution in [2.45, 2.75) is 6.10 Å². The predicted octanol–water partition coefficient (Wildman–Crippen LogP) is 2.85. The average molecular weight is 271 g/mol.